The molecule has 1 unspecified atom stereocenters. The van der Waals surface area contributed by atoms with Crippen molar-refractivity contribution in [3.63, 3.8) is 0 Å². The third kappa shape index (κ3) is 3.50. The molecule has 0 aliphatic carbocycles. The number of ether oxygens (including phenoxy) is 1. The summed E-state index contributed by atoms with van der Waals surface area (Å²) in [4.78, 5) is 0. The molecule has 3 heteroatoms. The zero-order chi connectivity index (χ0) is 11.4. The van der Waals surface area contributed by atoms with Gasteiger partial charge in [-0.3, -0.25) is 0 Å². The predicted molar refractivity (Wildman–Crippen MR) is 67.1 cm³/mol. The third-order valence-corrected chi connectivity index (χ3v) is 2.86. The van der Waals surface area contributed by atoms with Crippen molar-refractivity contribution in [2.24, 2.45) is 5.73 Å². The molecule has 0 spiro atoms. The Hall–Kier alpha value is -0.540. The monoisotopic (exact) mass is 271 g/mol. The van der Waals surface area contributed by atoms with Gasteiger partial charge in [0.15, 0.2) is 0 Å². The highest BCUT2D eigenvalue weighted by Gasteiger charge is 2.10. The van der Waals surface area contributed by atoms with Crippen LogP contribution in [0, 0.1) is 0 Å². The van der Waals surface area contributed by atoms with E-state index in [2.05, 4.69) is 29.8 Å². The van der Waals surface area contributed by atoms with Crippen molar-refractivity contribution in [3.8, 4) is 5.75 Å². The molecule has 2 N–H and O–H groups in total. The molecule has 0 saturated heterocycles. The van der Waals surface area contributed by atoms with E-state index < -0.39 is 0 Å². The fourth-order valence-electron chi connectivity index (χ4n) is 1.28. The van der Waals surface area contributed by atoms with Gasteiger partial charge in [0.05, 0.1) is 6.10 Å². The van der Waals surface area contributed by atoms with Crippen molar-refractivity contribution in [2.45, 2.75) is 39.3 Å². The lowest BCUT2D eigenvalue weighted by Gasteiger charge is -2.18. The molecule has 2 atom stereocenters. The molecule has 0 aliphatic rings. The summed E-state index contributed by atoms with van der Waals surface area (Å²) in [5.74, 6) is 0.891. The first-order chi connectivity index (χ1) is 7.04. The van der Waals surface area contributed by atoms with Crippen LogP contribution in [0.3, 0.4) is 0 Å². The summed E-state index contributed by atoms with van der Waals surface area (Å²) in [6.07, 6.45) is 1.22. The van der Waals surface area contributed by atoms with E-state index in [9.17, 15) is 0 Å². The summed E-state index contributed by atoms with van der Waals surface area (Å²) >= 11 is 3.44. The summed E-state index contributed by atoms with van der Waals surface area (Å²) in [5, 5.41) is 0. The van der Waals surface area contributed by atoms with E-state index in [1.807, 2.05) is 25.1 Å². The molecule has 15 heavy (non-hydrogen) atoms. The Morgan fingerprint density at radius 3 is 2.60 bits per heavy atom. The van der Waals surface area contributed by atoms with Gasteiger partial charge < -0.3 is 10.5 Å². The lowest BCUT2D eigenvalue weighted by molar-refractivity contribution is 0.214. The molecule has 0 heterocycles. The second-order valence-corrected chi connectivity index (χ2v) is 4.72. The fourth-order valence-corrected chi connectivity index (χ4v) is 1.66. The van der Waals surface area contributed by atoms with E-state index in [1.165, 1.54) is 0 Å². The Morgan fingerprint density at radius 1 is 1.40 bits per heavy atom. The molecule has 0 aliphatic heterocycles. The maximum atomic E-state index is 5.90. The van der Waals surface area contributed by atoms with Gasteiger partial charge in [0, 0.05) is 16.1 Å². The topological polar surface area (TPSA) is 35.2 Å². The Bertz CT molecular complexity index is 325. The zero-order valence-electron chi connectivity index (χ0n) is 9.46. The number of hydrogen-bond acceptors (Lipinski definition) is 2. The molecular formula is C12H18BrNO. The maximum absolute atomic E-state index is 5.90. The van der Waals surface area contributed by atoms with Crippen molar-refractivity contribution in [3.05, 3.63) is 28.2 Å². The number of hydrogen-bond donors (Lipinski definition) is 1. The Balaban J connectivity index is 2.95. The Kier molecular flexibility index (Phi) is 4.61. The molecule has 84 valence electrons. The normalized spacial score (nSPS) is 14.7. The summed E-state index contributed by atoms with van der Waals surface area (Å²) in [6.45, 7) is 6.13. The van der Waals surface area contributed by atoms with Gasteiger partial charge in [0.25, 0.3) is 0 Å². The first kappa shape index (κ1) is 12.5. The summed E-state index contributed by atoms with van der Waals surface area (Å²) in [6, 6.07) is 5.95. The number of nitrogens with two attached hydrogens (primary N) is 1. The van der Waals surface area contributed by atoms with Crippen LogP contribution in [0.2, 0.25) is 0 Å². The van der Waals surface area contributed by atoms with E-state index in [0.717, 1.165) is 22.2 Å². The van der Waals surface area contributed by atoms with Gasteiger partial charge in [-0.2, -0.15) is 0 Å². The number of halogens is 1. The van der Waals surface area contributed by atoms with Gasteiger partial charge in [0.2, 0.25) is 0 Å². The smallest absolute Gasteiger partial charge is 0.124 e. The molecule has 1 rings (SSSR count). The van der Waals surface area contributed by atoms with Gasteiger partial charge in [-0.05, 0) is 38.5 Å². The quantitative estimate of drug-likeness (QED) is 0.908. The average Bonchev–Trinajstić information content (AvgIpc) is 2.20. The second-order valence-electron chi connectivity index (χ2n) is 3.81. The molecule has 0 saturated carbocycles. The predicted octanol–water partition coefficient (Wildman–Crippen LogP) is 3.65. The summed E-state index contributed by atoms with van der Waals surface area (Å²) in [7, 11) is 0. The maximum Gasteiger partial charge on any atom is 0.124 e. The van der Waals surface area contributed by atoms with Crippen molar-refractivity contribution in [1.29, 1.82) is 0 Å². The van der Waals surface area contributed by atoms with Gasteiger partial charge in [-0.15, -0.1) is 0 Å². The minimum atomic E-state index is -0.0124. The molecule has 0 amide bonds. The molecule has 1 aromatic rings. The molecular weight excluding hydrogens is 254 g/mol. The molecule has 0 aromatic heterocycles. The van der Waals surface area contributed by atoms with Crippen LogP contribution in [0.25, 0.3) is 0 Å². The van der Waals surface area contributed by atoms with Crippen LogP contribution in [0.4, 0.5) is 0 Å². The van der Waals surface area contributed by atoms with Gasteiger partial charge in [-0.25, -0.2) is 0 Å². The van der Waals surface area contributed by atoms with Crippen LogP contribution in [-0.4, -0.2) is 6.10 Å². The van der Waals surface area contributed by atoms with Crippen LogP contribution in [0.5, 0.6) is 5.75 Å². The molecule has 2 nitrogen and oxygen atoms in total. The number of benzene rings is 1. The highest BCUT2D eigenvalue weighted by Crippen LogP contribution is 2.28. The molecule has 1 aromatic carbocycles. The standard InChI is InChI=1S/C12H18BrNO/c1-4-8(2)15-12-6-5-10(13)7-11(12)9(3)14/h5-9H,4,14H2,1-3H3/t8?,9-/m1/s1. The minimum Gasteiger partial charge on any atom is -0.490 e. The average molecular weight is 272 g/mol. The lowest BCUT2D eigenvalue weighted by atomic mass is 10.1. The Labute approximate surface area is 99.9 Å². The summed E-state index contributed by atoms with van der Waals surface area (Å²) < 4.78 is 6.84. The SMILES string of the molecule is CCC(C)Oc1ccc(Br)cc1[C@@H](C)N. The molecule has 0 radical (unpaired) electrons. The van der Waals surface area contributed by atoms with Crippen molar-refractivity contribution >= 4 is 15.9 Å². The van der Waals surface area contributed by atoms with E-state index in [0.29, 0.717) is 0 Å². The minimum absolute atomic E-state index is 0.0124. The van der Waals surface area contributed by atoms with Gasteiger partial charge in [-0.1, -0.05) is 22.9 Å². The van der Waals surface area contributed by atoms with Crippen LogP contribution >= 0.6 is 15.9 Å². The second kappa shape index (κ2) is 5.52. The van der Waals surface area contributed by atoms with Crippen LogP contribution in [0.15, 0.2) is 22.7 Å². The summed E-state index contributed by atoms with van der Waals surface area (Å²) in [5.41, 5.74) is 6.95. The highest BCUT2D eigenvalue weighted by atomic mass is 79.9. The first-order valence-electron chi connectivity index (χ1n) is 5.26. The van der Waals surface area contributed by atoms with Crippen LogP contribution in [0.1, 0.15) is 38.8 Å². The largest absolute Gasteiger partial charge is 0.490 e. The van der Waals surface area contributed by atoms with E-state index in [4.69, 9.17) is 10.5 Å². The highest BCUT2D eigenvalue weighted by molar-refractivity contribution is 9.10. The van der Waals surface area contributed by atoms with E-state index in [-0.39, 0.29) is 12.1 Å². The third-order valence-electron chi connectivity index (χ3n) is 2.37. The molecule has 0 fully saturated rings. The van der Waals surface area contributed by atoms with Crippen LogP contribution < -0.4 is 10.5 Å². The first-order valence-corrected chi connectivity index (χ1v) is 6.05. The van der Waals surface area contributed by atoms with Gasteiger partial charge >= 0.3 is 0 Å². The zero-order valence-corrected chi connectivity index (χ0v) is 11.0. The molecule has 0 bridgehead atoms. The Morgan fingerprint density at radius 2 is 2.07 bits per heavy atom. The van der Waals surface area contributed by atoms with E-state index >= 15 is 0 Å². The van der Waals surface area contributed by atoms with E-state index in [1.54, 1.807) is 0 Å². The van der Waals surface area contributed by atoms with Crippen molar-refractivity contribution in [1.82, 2.24) is 0 Å². The number of rotatable bonds is 4. The fraction of sp³-hybridized carbons (Fsp3) is 0.500. The van der Waals surface area contributed by atoms with Crippen molar-refractivity contribution in [2.75, 3.05) is 0 Å². The van der Waals surface area contributed by atoms with Gasteiger partial charge in [0.1, 0.15) is 5.75 Å². The van der Waals surface area contributed by atoms with Crippen molar-refractivity contribution < 1.29 is 4.74 Å². The van der Waals surface area contributed by atoms with Crippen LogP contribution in [-0.2, 0) is 0 Å². The lowest BCUT2D eigenvalue weighted by Crippen LogP contribution is -2.14.